The number of anilines is 1. The Kier molecular flexibility index (Phi) is 3.57. The molecule has 0 radical (unpaired) electrons. The van der Waals surface area contributed by atoms with Crippen molar-refractivity contribution in [2.75, 3.05) is 5.73 Å². The third kappa shape index (κ3) is 2.48. The van der Waals surface area contributed by atoms with E-state index in [1.54, 1.807) is 6.20 Å². The zero-order valence-electron chi connectivity index (χ0n) is 10.6. The van der Waals surface area contributed by atoms with Gasteiger partial charge in [-0.05, 0) is 59.5 Å². The molecule has 3 nitrogen and oxygen atoms in total. The minimum absolute atomic E-state index is 0.557. The van der Waals surface area contributed by atoms with Crippen LogP contribution in [-0.4, -0.2) is 4.98 Å². The Labute approximate surface area is 115 Å². The molecule has 0 unspecified atom stereocenters. The van der Waals surface area contributed by atoms with Crippen LogP contribution < -0.4 is 10.5 Å². The molecular weight excluding hydrogens is 292 g/mol. The summed E-state index contributed by atoms with van der Waals surface area (Å²) in [6.45, 7) is 5.97. The van der Waals surface area contributed by atoms with E-state index >= 15 is 0 Å². The Morgan fingerprint density at radius 2 is 1.83 bits per heavy atom. The Bertz CT molecular complexity index is 597. The van der Waals surface area contributed by atoms with Crippen LogP contribution in [0.2, 0.25) is 0 Å². The summed E-state index contributed by atoms with van der Waals surface area (Å²) in [4.78, 5) is 4.22. The van der Waals surface area contributed by atoms with E-state index in [1.807, 2.05) is 39.0 Å². The minimum atomic E-state index is 0.557. The van der Waals surface area contributed by atoms with Gasteiger partial charge < -0.3 is 10.5 Å². The normalized spacial score (nSPS) is 10.4. The molecule has 2 rings (SSSR count). The van der Waals surface area contributed by atoms with Gasteiger partial charge in [-0.25, -0.2) is 4.98 Å². The highest BCUT2D eigenvalue weighted by atomic mass is 79.9. The number of nitrogens with two attached hydrogens (primary N) is 1. The average molecular weight is 307 g/mol. The van der Waals surface area contributed by atoms with Crippen molar-refractivity contribution in [3.05, 3.63) is 45.6 Å². The molecule has 0 saturated heterocycles. The first-order chi connectivity index (χ1) is 8.49. The van der Waals surface area contributed by atoms with Gasteiger partial charge in [0, 0.05) is 18.0 Å². The van der Waals surface area contributed by atoms with Crippen molar-refractivity contribution in [2.24, 2.45) is 0 Å². The van der Waals surface area contributed by atoms with E-state index in [1.165, 1.54) is 0 Å². The number of nitrogen functional groups attached to an aromatic ring is 1. The molecule has 0 aliphatic heterocycles. The molecule has 0 amide bonds. The number of aromatic nitrogens is 1. The number of nitrogens with zero attached hydrogens (tertiary/aromatic N) is 1. The lowest BCUT2D eigenvalue weighted by Crippen LogP contribution is -1.96. The van der Waals surface area contributed by atoms with Gasteiger partial charge in [0.15, 0.2) is 0 Å². The van der Waals surface area contributed by atoms with Gasteiger partial charge in [-0.15, -0.1) is 0 Å². The molecule has 1 aromatic carbocycles. The molecule has 0 aliphatic carbocycles. The predicted octanol–water partition coefficient (Wildman–Crippen LogP) is 4.14. The van der Waals surface area contributed by atoms with Crippen molar-refractivity contribution in [2.45, 2.75) is 20.8 Å². The first-order valence-corrected chi connectivity index (χ1v) is 6.44. The lowest BCUT2D eigenvalue weighted by Gasteiger charge is -2.12. The zero-order chi connectivity index (χ0) is 13.3. The Balaban J connectivity index is 2.40. The van der Waals surface area contributed by atoms with E-state index in [2.05, 4.69) is 20.9 Å². The second kappa shape index (κ2) is 4.98. The van der Waals surface area contributed by atoms with Gasteiger partial charge >= 0.3 is 0 Å². The van der Waals surface area contributed by atoms with Crippen molar-refractivity contribution in [1.29, 1.82) is 0 Å². The number of hydrogen-bond acceptors (Lipinski definition) is 3. The monoisotopic (exact) mass is 306 g/mol. The van der Waals surface area contributed by atoms with Crippen LogP contribution in [0, 0.1) is 20.8 Å². The third-order valence-electron chi connectivity index (χ3n) is 2.82. The number of benzene rings is 1. The Morgan fingerprint density at radius 1 is 1.11 bits per heavy atom. The molecule has 1 aromatic heterocycles. The maximum absolute atomic E-state index is 5.90. The van der Waals surface area contributed by atoms with Crippen molar-refractivity contribution in [3.63, 3.8) is 0 Å². The first-order valence-electron chi connectivity index (χ1n) is 5.64. The Morgan fingerprint density at radius 3 is 2.56 bits per heavy atom. The van der Waals surface area contributed by atoms with Crippen molar-refractivity contribution in [3.8, 4) is 11.6 Å². The van der Waals surface area contributed by atoms with Gasteiger partial charge in [0.1, 0.15) is 5.75 Å². The molecule has 18 heavy (non-hydrogen) atoms. The second-order valence-corrected chi connectivity index (χ2v) is 5.12. The van der Waals surface area contributed by atoms with Crippen molar-refractivity contribution < 1.29 is 4.74 Å². The van der Waals surface area contributed by atoms with E-state index in [0.717, 1.165) is 32.6 Å². The smallest absolute Gasteiger partial charge is 0.233 e. The van der Waals surface area contributed by atoms with Crippen LogP contribution in [0.4, 0.5) is 5.69 Å². The summed E-state index contributed by atoms with van der Waals surface area (Å²) >= 11 is 3.48. The molecule has 94 valence electrons. The van der Waals surface area contributed by atoms with Crippen LogP contribution in [0.5, 0.6) is 11.6 Å². The molecule has 0 bridgehead atoms. The fourth-order valence-corrected chi connectivity index (χ4v) is 1.96. The highest BCUT2D eigenvalue weighted by Gasteiger charge is 2.09. The lowest BCUT2D eigenvalue weighted by atomic mass is 10.1. The summed E-state index contributed by atoms with van der Waals surface area (Å²) < 4.78 is 6.68. The lowest BCUT2D eigenvalue weighted by molar-refractivity contribution is 0.456. The number of rotatable bonds is 2. The van der Waals surface area contributed by atoms with Crippen LogP contribution in [0.15, 0.2) is 28.9 Å². The number of halogens is 1. The van der Waals surface area contributed by atoms with Gasteiger partial charge in [-0.1, -0.05) is 6.07 Å². The fourth-order valence-electron chi connectivity index (χ4n) is 1.65. The molecule has 2 aromatic rings. The second-order valence-electron chi connectivity index (χ2n) is 4.32. The molecular formula is C14H15BrN2O. The molecule has 2 N–H and O–H groups in total. The summed E-state index contributed by atoms with van der Waals surface area (Å²) in [7, 11) is 0. The van der Waals surface area contributed by atoms with Gasteiger partial charge in [-0.3, -0.25) is 0 Å². The molecule has 0 spiro atoms. The summed E-state index contributed by atoms with van der Waals surface area (Å²) in [5.74, 6) is 1.29. The predicted molar refractivity (Wildman–Crippen MR) is 77.1 cm³/mol. The maximum atomic E-state index is 5.90. The largest absolute Gasteiger partial charge is 0.438 e. The summed E-state index contributed by atoms with van der Waals surface area (Å²) in [6.07, 6.45) is 1.72. The summed E-state index contributed by atoms with van der Waals surface area (Å²) in [5, 5.41) is 0. The summed E-state index contributed by atoms with van der Waals surface area (Å²) in [5.41, 5.74) is 9.79. The minimum Gasteiger partial charge on any atom is -0.438 e. The van der Waals surface area contributed by atoms with Crippen LogP contribution in [0.1, 0.15) is 16.7 Å². The maximum Gasteiger partial charge on any atom is 0.233 e. The quantitative estimate of drug-likeness (QED) is 0.848. The number of pyridine rings is 1. The number of aryl methyl sites for hydroxylation is 3. The number of hydrogen-bond donors (Lipinski definition) is 1. The molecule has 4 heteroatoms. The van der Waals surface area contributed by atoms with Gasteiger partial charge in [-0.2, -0.15) is 0 Å². The Hall–Kier alpha value is -1.55. The topological polar surface area (TPSA) is 48.1 Å². The fraction of sp³-hybridized carbons (Fsp3) is 0.214. The first kappa shape index (κ1) is 12.9. The molecule has 0 saturated carbocycles. The van der Waals surface area contributed by atoms with Gasteiger partial charge in [0.25, 0.3) is 0 Å². The molecule has 0 fully saturated rings. The van der Waals surface area contributed by atoms with E-state index < -0.39 is 0 Å². The van der Waals surface area contributed by atoms with Crippen LogP contribution in [0.25, 0.3) is 0 Å². The number of ether oxygens (including phenoxy) is 1. The third-order valence-corrected chi connectivity index (χ3v) is 3.79. The van der Waals surface area contributed by atoms with Crippen LogP contribution >= 0.6 is 15.9 Å². The van der Waals surface area contributed by atoms with E-state index in [9.17, 15) is 0 Å². The highest BCUT2D eigenvalue weighted by molar-refractivity contribution is 9.10. The highest BCUT2D eigenvalue weighted by Crippen LogP contribution is 2.33. The van der Waals surface area contributed by atoms with E-state index in [4.69, 9.17) is 10.5 Å². The average Bonchev–Trinajstić information content (AvgIpc) is 2.32. The van der Waals surface area contributed by atoms with Gasteiger partial charge in [0.05, 0.1) is 4.47 Å². The zero-order valence-corrected chi connectivity index (χ0v) is 12.2. The van der Waals surface area contributed by atoms with Crippen LogP contribution in [0.3, 0.4) is 0 Å². The van der Waals surface area contributed by atoms with Gasteiger partial charge in [0.2, 0.25) is 5.88 Å². The molecule has 1 heterocycles. The SMILES string of the molecule is Cc1cc(C)c(Oc2nccc(C)c2Br)cc1N. The van der Waals surface area contributed by atoms with E-state index in [-0.39, 0.29) is 0 Å². The van der Waals surface area contributed by atoms with E-state index in [0.29, 0.717) is 5.88 Å². The molecule has 0 aliphatic rings. The van der Waals surface area contributed by atoms with Crippen molar-refractivity contribution >= 4 is 21.6 Å². The van der Waals surface area contributed by atoms with Crippen LogP contribution in [-0.2, 0) is 0 Å². The van der Waals surface area contributed by atoms with Crippen molar-refractivity contribution in [1.82, 2.24) is 4.98 Å². The summed E-state index contributed by atoms with van der Waals surface area (Å²) in [6, 6.07) is 5.77. The standard InChI is InChI=1S/C14H15BrN2O/c1-8-4-5-17-14(13(8)15)18-12-7-11(16)9(2)6-10(12)3/h4-7H,16H2,1-3H3. The molecule has 0 atom stereocenters.